The topological polar surface area (TPSA) is 0 Å². The molecule has 0 radical (unpaired) electrons. The molecule has 45 heavy (non-hydrogen) atoms. The highest BCUT2D eigenvalue weighted by Gasteiger charge is 2.42. The lowest BCUT2D eigenvalue weighted by atomic mass is 9.70. The summed E-state index contributed by atoms with van der Waals surface area (Å²) in [7, 11) is 0. The van der Waals surface area contributed by atoms with Crippen molar-refractivity contribution < 1.29 is 0 Å². The minimum absolute atomic E-state index is 0.124. The predicted octanol–water partition coefficient (Wildman–Crippen LogP) is 13.9. The summed E-state index contributed by atoms with van der Waals surface area (Å²) in [6.45, 7) is 9.05. The quantitative estimate of drug-likeness (QED) is 0.0840. The summed E-state index contributed by atoms with van der Waals surface area (Å²) in [5.41, 5.74) is 14.1. The molecule has 0 unspecified atom stereocenters. The van der Waals surface area contributed by atoms with Gasteiger partial charge >= 0.3 is 0 Å². The van der Waals surface area contributed by atoms with Gasteiger partial charge in [0.25, 0.3) is 0 Å². The Labute approximate surface area is 275 Å². The average molecular weight is 597 g/mol. The maximum atomic E-state index is 2.58. The SMILES string of the molecule is CCCCCCCCC1(CCCCCCCC)c2cc(C)ccc2-c2ccc(-c3ccc(/C=C/c4ccc(C)cc4)cc3)cc21. The Kier molecular flexibility index (Phi) is 11.9. The van der Waals surface area contributed by atoms with Crippen molar-refractivity contribution in [2.75, 3.05) is 0 Å². The van der Waals surface area contributed by atoms with Crippen molar-refractivity contribution in [3.63, 3.8) is 0 Å². The molecule has 0 nitrogen and oxygen atoms in total. The molecular formula is C45H56. The van der Waals surface area contributed by atoms with Gasteiger partial charge in [-0.15, -0.1) is 0 Å². The molecule has 1 aliphatic rings. The van der Waals surface area contributed by atoms with Gasteiger partial charge in [-0.05, 0) is 77.3 Å². The fourth-order valence-corrected chi connectivity index (χ4v) is 7.52. The van der Waals surface area contributed by atoms with E-state index in [4.69, 9.17) is 0 Å². The van der Waals surface area contributed by atoms with Gasteiger partial charge in [0.05, 0.1) is 0 Å². The normalized spacial score (nSPS) is 13.3. The van der Waals surface area contributed by atoms with Crippen LogP contribution in [0.3, 0.4) is 0 Å². The zero-order chi connectivity index (χ0) is 31.5. The molecule has 0 atom stereocenters. The molecule has 0 saturated carbocycles. The molecule has 0 saturated heterocycles. The van der Waals surface area contributed by atoms with Gasteiger partial charge in [0.15, 0.2) is 0 Å². The number of aryl methyl sites for hydroxylation is 2. The van der Waals surface area contributed by atoms with E-state index < -0.39 is 0 Å². The summed E-state index contributed by atoms with van der Waals surface area (Å²) in [5.74, 6) is 0. The van der Waals surface area contributed by atoms with Crippen LogP contribution in [-0.4, -0.2) is 0 Å². The smallest absolute Gasteiger partial charge is 0.0215 e. The molecule has 0 amide bonds. The molecular weight excluding hydrogens is 540 g/mol. The van der Waals surface area contributed by atoms with Crippen LogP contribution >= 0.6 is 0 Å². The van der Waals surface area contributed by atoms with Crippen LogP contribution < -0.4 is 0 Å². The van der Waals surface area contributed by atoms with Crippen LogP contribution in [0.5, 0.6) is 0 Å². The molecule has 0 fully saturated rings. The molecule has 0 heteroatoms. The van der Waals surface area contributed by atoms with Gasteiger partial charge in [-0.25, -0.2) is 0 Å². The first-order valence-electron chi connectivity index (χ1n) is 18.2. The molecule has 0 N–H and O–H groups in total. The Balaban J connectivity index is 1.44. The predicted molar refractivity (Wildman–Crippen MR) is 199 cm³/mol. The summed E-state index contributed by atoms with van der Waals surface area (Å²) in [5, 5.41) is 0. The fourth-order valence-electron chi connectivity index (χ4n) is 7.52. The summed E-state index contributed by atoms with van der Waals surface area (Å²) in [4.78, 5) is 0. The van der Waals surface area contributed by atoms with E-state index in [0.29, 0.717) is 0 Å². The Hall–Kier alpha value is -3.38. The van der Waals surface area contributed by atoms with E-state index in [-0.39, 0.29) is 5.41 Å². The fraction of sp³-hybridized carbons (Fsp3) is 0.422. The number of fused-ring (bicyclic) bond motifs is 3. The third kappa shape index (κ3) is 8.26. The van der Waals surface area contributed by atoms with Crippen molar-refractivity contribution in [3.8, 4) is 22.3 Å². The van der Waals surface area contributed by atoms with Crippen molar-refractivity contribution in [3.05, 3.63) is 118 Å². The minimum Gasteiger partial charge on any atom is -0.0654 e. The van der Waals surface area contributed by atoms with Crippen LogP contribution in [-0.2, 0) is 5.41 Å². The van der Waals surface area contributed by atoms with E-state index in [0.717, 1.165) is 0 Å². The second kappa shape index (κ2) is 16.3. The lowest BCUT2D eigenvalue weighted by Crippen LogP contribution is -2.25. The summed E-state index contributed by atoms with van der Waals surface area (Å²) >= 11 is 0. The van der Waals surface area contributed by atoms with E-state index in [1.165, 1.54) is 134 Å². The Morgan fingerprint density at radius 3 is 1.47 bits per heavy atom. The Morgan fingerprint density at radius 1 is 0.444 bits per heavy atom. The lowest BCUT2D eigenvalue weighted by Gasteiger charge is -2.33. The van der Waals surface area contributed by atoms with Gasteiger partial charge in [-0.2, -0.15) is 0 Å². The largest absolute Gasteiger partial charge is 0.0654 e. The first-order chi connectivity index (χ1) is 22.0. The highest BCUT2D eigenvalue weighted by molar-refractivity contribution is 5.84. The molecule has 0 bridgehead atoms. The highest BCUT2D eigenvalue weighted by atomic mass is 14.4. The van der Waals surface area contributed by atoms with E-state index in [2.05, 4.69) is 125 Å². The van der Waals surface area contributed by atoms with Crippen molar-refractivity contribution in [1.82, 2.24) is 0 Å². The van der Waals surface area contributed by atoms with Crippen LogP contribution in [0.2, 0.25) is 0 Å². The van der Waals surface area contributed by atoms with Crippen LogP contribution in [0, 0.1) is 13.8 Å². The van der Waals surface area contributed by atoms with Crippen LogP contribution in [0.25, 0.3) is 34.4 Å². The molecule has 0 aromatic heterocycles. The molecule has 0 spiro atoms. The Morgan fingerprint density at radius 2 is 0.889 bits per heavy atom. The number of rotatable bonds is 17. The number of unbranched alkanes of at least 4 members (excludes halogenated alkanes) is 10. The maximum absolute atomic E-state index is 2.58. The number of benzene rings is 4. The second-order valence-corrected chi connectivity index (χ2v) is 13.8. The average Bonchev–Trinajstić information content (AvgIpc) is 3.32. The summed E-state index contributed by atoms with van der Waals surface area (Å²) in [6.07, 6.45) is 23.2. The van der Waals surface area contributed by atoms with E-state index in [1.807, 2.05) is 0 Å². The van der Waals surface area contributed by atoms with Crippen LogP contribution in [0.4, 0.5) is 0 Å². The van der Waals surface area contributed by atoms with Gasteiger partial charge in [0.1, 0.15) is 0 Å². The minimum atomic E-state index is 0.124. The molecule has 236 valence electrons. The first-order valence-corrected chi connectivity index (χ1v) is 18.2. The molecule has 1 aliphatic carbocycles. The van der Waals surface area contributed by atoms with E-state index in [9.17, 15) is 0 Å². The van der Waals surface area contributed by atoms with Crippen LogP contribution in [0.15, 0.2) is 84.9 Å². The van der Waals surface area contributed by atoms with Gasteiger partial charge in [-0.3, -0.25) is 0 Å². The summed E-state index contributed by atoms with van der Waals surface area (Å²) < 4.78 is 0. The zero-order valence-electron chi connectivity index (χ0n) is 28.6. The second-order valence-electron chi connectivity index (χ2n) is 13.8. The molecule has 4 aromatic rings. The van der Waals surface area contributed by atoms with E-state index in [1.54, 1.807) is 11.1 Å². The molecule has 0 aliphatic heterocycles. The number of hydrogen-bond donors (Lipinski definition) is 0. The first kappa shape index (κ1) is 33.0. The molecule has 4 aromatic carbocycles. The van der Waals surface area contributed by atoms with Crippen LogP contribution in [0.1, 0.15) is 137 Å². The third-order valence-electron chi connectivity index (χ3n) is 10.2. The monoisotopic (exact) mass is 596 g/mol. The van der Waals surface area contributed by atoms with Gasteiger partial charge in [0.2, 0.25) is 0 Å². The van der Waals surface area contributed by atoms with Crippen molar-refractivity contribution in [2.24, 2.45) is 0 Å². The van der Waals surface area contributed by atoms with Crippen molar-refractivity contribution in [2.45, 2.75) is 123 Å². The van der Waals surface area contributed by atoms with Gasteiger partial charge < -0.3 is 0 Å². The lowest BCUT2D eigenvalue weighted by molar-refractivity contribution is 0.398. The van der Waals surface area contributed by atoms with Gasteiger partial charge in [-0.1, -0.05) is 193 Å². The zero-order valence-corrected chi connectivity index (χ0v) is 28.6. The van der Waals surface area contributed by atoms with Crippen molar-refractivity contribution in [1.29, 1.82) is 0 Å². The standard InChI is InChI=1S/C45H56/c1-5-7-9-11-13-15-31-45(32-16-14-12-10-8-6-2)43-33-36(4)19-29-41(43)42-30-28-40(34-44(42)45)39-26-24-38(25-27-39)23-22-37-20-17-35(3)18-21-37/h17-30,33-34H,5-16,31-32H2,1-4H3/b23-22+. The van der Waals surface area contributed by atoms with E-state index >= 15 is 0 Å². The molecule has 5 rings (SSSR count). The maximum Gasteiger partial charge on any atom is 0.0215 e. The molecule has 0 heterocycles. The number of hydrogen-bond acceptors (Lipinski definition) is 0. The van der Waals surface area contributed by atoms with Crippen molar-refractivity contribution >= 4 is 12.2 Å². The Bertz CT molecular complexity index is 1500. The third-order valence-corrected chi connectivity index (χ3v) is 10.2. The highest BCUT2D eigenvalue weighted by Crippen LogP contribution is 2.55. The summed E-state index contributed by atoms with van der Waals surface area (Å²) in [6, 6.07) is 32.6. The van der Waals surface area contributed by atoms with Gasteiger partial charge in [0, 0.05) is 5.41 Å².